The highest BCUT2D eigenvalue weighted by molar-refractivity contribution is 5.81. The van der Waals surface area contributed by atoms with Gasteiger partial charge < -0.3 is 15.3 Å². The minimum Gasteiger partial charge on any atom is -0.396 e. The normalized spacial score (nSPS) is 18.7. The summed E-state index contributed by atoms with van der Waals surface area (Å²) in [7, 11) is 0. The molecule has 0 aliphatic heterocycles. The second-order valence-electron chi connectivity index (χ2n) is 3.59. The van der Waals surface area contributed by atoms with Gasteiger partial charge >= 0.3 is 0 Å². The van der Waals surface area contributed by atoms with Gasteiger partial charge in [-0.2, -0.15) is 5.10 Å². The second-order valence-corrected chi connectivity index (χ2v) is 3.59. The molecule has 0 saturated heterocycles. The van der Waals surface area contributed by atoms with Gasteiger partial charge in [0.25, 0.3) is 5.91 Å². The molecule has 88 valence electrons. The van der Waals surface area contributed by atoms with Crippen molar-refractivity contribution in [2.24, 2.45) is 16.9 Å². The Morgan fingerprint density at radius 3 is 2.40 bits per heavy atom. The molecule has 0 aliphatic rings. The van der Waals surface area contributed by atoms with Gasteiger partial charge in [-0.3, -0.25) is 4.79 Å². The molecule has 4 atom stereocenters. The van der Waals surface area contributed by atoms with Crippen LogP contribution in [0.3, 0.4) is 0 Å². The molecule has 0 fully saturated rings. The van der Waals surface area contributed by atoms with Gasteiger partial charge in [0.2, 0.25) is 0 Å². The van der Waals surface area contributed by atoms with Crippen molar-refractivity contribution in [3.05, 3.63) is 0 Å². The minimum atomic E-state index is -1.57. The van der Waals surface area contributed by atoms with Crippen LogP contribution in [0, 0.1) is 11.8 Å². The molecule has 6 nitrogen and oxygen atoms in total. The van der Waals surface area contributed by atoms with Crippen molar-refractivity contribution in [3.8, 4) is 0 Å². The maximum atomic E-state index is 11.1. The molecule has 1 amide bonds. The zero-order valence-corrected chi connectivity index (χ0v) is 8.92. The minimum absolute atomic E-state index is 0.119. The Bertz CT molecular complexity index is 222. The first-order valence-corrected chi connectivity index (χ1v) is 4.68. The van der Waals surface area contributed by atoms with E-state index >= 15 is 0 Å². The van der Waals surface area contributed by atoms with E-state index in [0.717, 1.165) is 0 Å². The number of hydrazone groups is 1. The molecule has 0 heterocycles. The third-order valence-electron chi connectivity index (χ3n) is 2.51. The highest BCUT2D eigenvalue weighted by Crippen LogP contribution is 2.17. The monoisotopic (exact) mass is 218 g/mol. The van der Waals surface area contributed by atoms with E-state index in [1.807, 2.05) is 5.43 Å². The van der Waals surface area contributed by atoms with Crippen molar-refractivity contribution in [1.29, 1.82) is 0 Å². The number of rotatable bonds is 6. The molecule has 4 N–H and O–H groups in total. The van der Waals surface area contributed by atoms with E-state index < -0.39 is 24.0 Å². The molecular formula is C9H18N2O4. The summed E-state index contributed by atoms with van der Waals surface area (Å²) in [6.45, 7) is 6.26. The van der Waals surface area contributed by atoms with Gasteiger partial charge in [0.15, 0.2) is 6.10 Å². The fraction of sp³-hybridized carbons (Fsp3) is 0.778. The SMILES string of the molecule is C=NNC(=O)C(O)C(O)C(C)C(C)CO. The van der Waals surface area contributed by atoms with E-state index in [2.05, 4.69) is 11.8 Å². The highest BCUT2D eigenvalue weighted by atomic mass is 16.3. The second kappa shape index (κ2) is 6.49. The fourth-order valence-corrected chi connectivity index (χ4v) is 1.09. The summed E-state index contributed by atoms with van der Waals surface area (Å²) in [5.74, 6) is -1.42. The summed E-state index contributed by atoms with van der Waals surface area (Å²) in [5, 5.41) is 31.0. The average Bonchev–Trinajstić information content (AvgIpc) is 2.25. The largest absolute Gasteiger partial charge is 0.396 e. The zero-order chi connectivity index (χ0) is 12.0. The number of amides is 1. The summed E-state index contributed by atoms with van der Waals surface area (Å²) < 4.78 is 0. The Balaban J connectivity index is 4.35. The van der Waals surface area contributed by atoms with Crippen LogP contribution in [0.5, 0.6) is 0 Å². The van der Waals surface area contributed by atoms with Crippen LogP contribution in [0.4, 0.5) is 0 Å². The lowest BCUT2D eigenvalue weighted by Crippen LogP contribution is -2.45. The molecule has 0 aromatic carbocycles. The Labute approximate surface area is 88.6 Å². The molecule has 0 aromatic heterocycles. The highest BCUT2D eigenvalue weighted by Gasteiger charge is 2.31. The number of aliphatic hydroxyl groups excluding tert-OH is 3. The van der Waals surface area contributed by atoms with Crippen molar-refractivity contribution in [3.63, 3.8) is 0 Å². The molecule has 0 radical (unpaired) electrons. The predicted molar refractivity (Wildman–Crippen MR) is 55.1 cm³/mol. The quantitative estimate of drug-likeness (QED) is 0.329. The van der Waals surface area contributed by atoms with Gasteiger partial charge in [-0.15, -0.1) is 0 Å². The van der Waals surface area contributed by atoms with E-state index in [9.17, 15) is 15.0 Å². The van der Waals surface area contributed by atoms with Crippen LogP contribution in [0.15, 0.2) is 5.10 Å². The van der Waals surface area contributed by atoms with Crippen molar-refractivity contribution < 1.29 is 20.1 Å². The number of carbonyl (C=O) groups excluding carboxylic acids is 1. The maximum Gasteiger partial charge on any atom is 0.271 e. The first-order valence-electron chi connectivity index (χ1n) is 4.68. The lowest BCUT2D eigenvalue weighted by Gasteiger charge is -2.26. The Morgan fingerprint density at radius 2 is 2.00 bits per heavy atom. The lowest BCUT2D eigenvalue weighted by molar-refractivity contribution is -0.138. The van der Waals surface area contributed by atoms with E-state index in [-0.39, 0.29) is 12.5 Å². The van der Waals surface area contributed by atoms with Gasteiger partial charge in [-0.1, -0.05) is 13.8 Å². The first-order chi connectivity index (χ1) is 6.95. The predicted octanol–water partition coefficient (Wildman–Crippen LogP) is -1.30. The van der Waals surface area contributed by atoms with Crippen LogP contribution in [0.1, 0.15) is 13.8 Å². The van der Waals surface area contributed by atoms with Gasteiger partial charge in [-0.05, 0) is 11.8 Å². The van der Waals surface area contributed by atoms with E-state index in [4.69, 9.17) is 5.11 Å². The zero-order valence-electron chi connectivity index (χ0n) is 8.92. The van der Waals surface area contributed by atoms with Crippen LogP contribution in [0.2, 0.25) is 0 Å². The van der Waals surface area contributed by atoms with Crippen LogP contribution >= 0.6 is 0 Å². The smallest absolute Gasteiger partial charge is 0.271 e. The molecule has 4 unspecified atom stereocenters. The number of aliphatic hydroxyl groups is 3. The Hall–Kier alpha value is -0.980. The van der Waals surface area contributed by atoms with Crippen LogP contribution < -0.4 is 5.43 Å². The maximum absolute atomic E-state index is 11.1. The fourth-order valence-electron chi connectivity index (χ4n) is 1.09. The Kier molecular flexibility index (Phi) is 6.07. The molecule has 0 spiro atoms. The molecule has 0 aromatic rings. The number of hydrogen-bond acceptors (Lipinski definition) is 5. The Morgan fingerprint density at radius 1 is 1.47 bits per heavy atom. The third-order valence-corrected chi connectivity index (χ3v) is 2.51. The van der Waals surface area contributed by atoms with Gasteiger partial charge in [0.1, 0.15) is 0 Å². The van der Waals surface area contributed by atoms with Crippen molar-refractivity contribution in [2.75, 3.05) is 6.61 Å². The van der Waals surface area contributed by atoms with E-state index in [1.54, 1.807) is 13.8 Å². The van der Waals surface area contributed by atoms with Crippen molar-refractivity contribution in [1.82, 2.24) is 5.43 Å². The van der Waals surface area contributed by atoms with Gasteiger partial charge in [0.05, 0.1) is 6.10 Å². The van der Waals surface area contributed by atoms with Crippen LogP contribution in [0.25, 0.3) is 0 Å². The van der Waals surface area contributed by atoms with Gasteiger partial charge in [0, 0.05) is 13.3 Å². The molecular weight excluding hydrogens is 200 g/mol. The molecule has 0 rings (SSSR count). The average molecular weight is 218 g/mol. The molecule has 0 aliphatic carbocycles. The summed E-state index contributed by atoms with van der Waals surface area (Å²) in [6.07, 6.45) is -2.81. The number of nitrogens with zero attached hydrogens (tertiary/aromatic N) is 1. The van der Waals surface area contributed by atoms with Crippen molar-refractivity contribution in [2.45, 2.75) is 26.1 Å². The van der Waals surface area contributed by atoms with Crippen LogP contribution in [-0.2, 0) is 4.79 Å². The van der Waals surface area contributed by atoms with Crippen molar-refractivity contribution >= 4 is 12.6 Å². The molecule has 15 heavy (non-hydrogen) atoms. The number of hydrogen-bond donors (Lipinski definition) is 4. The van der Waals surface area contributed by atoms with Crippen LogP contribution in [-0.4, -0.2) is 46.8 Å². The third kappa shape index (κ3) is 3.94. The first kappa shape index (κ1) is 14.0. The topological polar surface area (TPSA) is 102 Å². The summed E-state index contributed by atoms with van der Waals surface area (Å²) in [6, 6.07) is 0. The number of nitrogens with one attached hydrogen (secondary N) is 1. The van der Waals surface area contributed by atoms with E-state index in [0.29, 0.717) is 0 Å². The summed E-state index contributed by atoms with van der Waals surface area (Å²) in [4.78, 5) is 11.1. The van der Waals surface area contributed by atoms with E-state index in [1.165, 1.54) is 0 Å². The van der Waals surface area contributed by atoms with Gasteiger partial charge in [-0.25, -0.2) is 5.43 Å². The summed E-state index contributed by atoms with van der Waals surface area (Å²) in [5.41, 5.74) is 1.94. The molecule has 0 bridgehead atoms. The lowest BCUT2D eigenvalue weighted by atomic mass is 9.88. The number of carbonyl (C=O) groups is 1. The molecule has 0 saturated carbocycles. The summed E-state index contributed by atoms with van der Waals surface area (Å²) >= 11 is 0. The molecule has 6 heteroatoms. The standard InChI is InChI=1S/C9H18N2O4/c1-5(4-12)6(2)7(13)8(14)9(15)11-10-3/h5-8,12-14H,3-4H2,1-2H3,(H,11,15).